The lowest BCUT2D eigenvalue weighted by Gasteiger charge is -2.26. The monoisotopic (exact) mass is 710 g/mol. The number of nitrogens with zero attached hydrogens (tertiary/aromatic N) is 2. The molecule has 0 radical (unpaired) electrons. The SMILES string of the molecule is CCOC(=O)C1=C(C)N=c2s/c(=C\c3cc(Br)cc(OC)c3OCc3ccc(Cl)cc3)c(=O)n2[C@H]1c1ccccc1OC(C)C. The van der Waals surface area contributed by atoms with Crippen LogP contribution in [0.3, 0.4) is 0 Å². The van der Waals surface area contributed by atoms with E-state index in [1.807, 2.05) is 56.3 Å². The summed E-state index contributed by atoms with van der Waals surface area (Å²) in [4.78, 5) is 32.8. The minimum Gasteiger partial charge on any atom is -0.493 e. The number of esters is 1. The maximum atomic E-state index is 14.3. The predicted molar refractivity (Wildman–Crippen MR) is 179 cm³/mol. The van der Waals surface area contributed by atoms with Crippen molar-refractivity contribution in [3.8, 4) is 17.2 Å². The van der Waals surface area contributed by atoms with Gasteiger partial charge < -0.3 is 18.9 Å². The molecular formula is C34H32BrClN2O6S. The van der Waals surface area contributed by atoms with Gasteiger partial charge in [0.15, 0.2) is 16.3 Å². The number of thiazole rings is 1. The van der Waals surface area contributed by atoms with Gasteiger partial charge in [0, 0.05) is 20.6 Å². The van der Waals surface area contributed by atoms with Crippen LogP contribution < -0.4 is 29.1 Å². The zero-order valence-electron chi connectivity index (χ0n) is 25.4. The molecule has 0 amide bonds. The van der Waals surface area contributed by atoms with Crippen molar-refractivity contribution < 1.29 is 23.7 Å². The molecule has 1 aliphatic heterocycles. The van der Waals surface area contributed by atoms with E-state index in [2.05, 4.69) is 15.9 Å². The summed E-state index contributed by atoms with van der Waals surface area (Å²) >= 11 is 10.8. The van der Waals surface area contributed by atoms with Crippen LogP contribution in [-0.4, -0.2) is 30.4 Å². The second kappa shape index (κ2) is 14.1. The number of rotatable bonds is 10. The zero-order valence-corrected chi connectivity index (χ0v) is 28.6. The highest BCUT2D eigenvalue weighted by Gasteiger charge is 2.35. The first-order chi connectivity index (χ1) is 21.6. The Bertz CT molecular complexity index is 1950. The van der Waals surface area contributed by atoms with Crippen LogP contribution in [0, 0.1) is 0 Å². The lowest BCUT2D eigenvalue weighted by atomic mass is 9.95. The molecule has 8 nitrogen and oxygen atoms in total. The maximum Gasteiger partial charge on any atom is 0.338 e. The van der Waals surface area contributed by atoms with Gasteiger partial charge in [-0.3, -0.25) is 9.36 Å². The first-order valence-electron chi connectivity index (χ1n) is 14.3. The second-order valence-corrected chi connectivity index (χ2v) is 12.8. The largest absolute Gasteiger partial charge is 0.493 e. The standard InChI is InChI=1S/C34H32BrClN2O6S/c1-6-42-33(40)29-20(4)37-34-38(30(29)25-9-7-8-10-26(25)44-19(2)3)32(39)28(45-34)16-22-15-23(35)17-27(41-5)31(22)43-18-21-11-13-24(36)14-12-21/h7-17,19,30H,6,18H2,1-5H3/b28-16-/t30-/m0/s1. The molecule has 11 heteroatoms. The Balaban J connectivity index is 1.69. The van der Waals surface area contributed by atoms with Crippen LogP contribution in [0.1, 0.15) is 50.4 Å². The van der Waals surface area contributed by atoms with Crippen molar-refractivity contribution in [2.24, 2.45) is 4.99 Å². The number of hydrogen-bond donors (Lipinski definition) is 0. The summed E-state index contributed by atoms with van der Waals surface area (Å²) in [6.45, 7) is 7.78. The molecule has 234 valence electrons. The topological polar surface area (TPSA) is 88.4 Å². The molecule has 1 atom stereocenters. The highest BCUT2D eigenvalue weighted by molar-refractivity contribution is 9.10. The minimum atomic E-state index is -0.810. The van der Waals surface area contributed by atoms with Crippen LogP contribution in [0.25, 0.3) is 6.08 Å². The summed E-state index contributed by atoms with van der Waals surface area (Å²) in [5.41, 5.74) is 2.64. The Labute approximate surface area is 278 Å². The maximum absolute atomic E-state index is 14.3. The Morgan fingerprint density at radius 1 is 1.13 bits per heavy atom. The molecule has 0 saturated carbocycles. The summed E-state index contributed by atoms with van der Waals surface area (Å²) in [6.07, 6.45) is 1.63. The first-order valence-corrected chi connectivity index (χ1v) is 16.3. The average molecular weight is 712 g/mol. The number of ether oxygens (including phenoxy) is 4. The Morgan fingerprint density at radius 3 is 2.56 bits per heavy atom. The van der Waals surface area contributed by atoms with Gasteiger partial charge in [-0.2, -0.15) is 0 Å². The second-order valence-electron chi connectivity index (χ2n) is 10.4. The third kappa shape index (κ3) is 7.03. The molecule has 4 aromatic rings. The fourth-order valence-corrected chi connectivity index (χ4v) is 6.65. The van der Waals surface area contributed by atoms with Gasteiger partial charge in [-0.05, 0) is 69.7 Å². The van der Waals surface area contributed by atoms with Gasteiger partial charge in [-0.25, -0.2) is 9.79 Å². The summed E-state index contributed by atoms with van der Waals surface area (Å²) < 4.78 is 26.2. The Kier molecular flexibility index (Phi) is 10.2. The van der Waals surface area contributed by atoms with Gasteiger partial charge in [0.25, 0.3) is 5.56 Å². The predicted octanol–water partition coefficient (Wildman–Crippen LogP) is 6.59. The number of carbonyl (C=O) groups is 1. The van der Waals surface area contributed by atoms with Crippen molar-refractivity contribution in [2.75, 3.05) is 13.7 Å². The number of benzene rings is 3. The van der Waals surface area contributed by atoms with E-state index >= 15 is 0 Å². The van der Waals surface area contributed by atoms with Crippen molar-refractivity contribution in [1.29, 1.82) is 0 Å². The molecule has 1 aromatic heterocycles. The van der Waals surface area contributed by atoms with E-state index < -0.39 is 12.0 Å². The van der Waals surface area contributed by atoms with Gasteiger partial charge in [0.2, 0.25) is 0 Å². The Hall–Kier alpha value is -3.86. The smallest absolute Gasteiger partial charge is 0.338 e. The van der Waals surface area contributed by atoms with Crippen LogP contribution in [0.15, 0.2) is 86.2 Å². The number of methoxy groups -OCH3 is 1. The number of halogens is 2. The van der Waals surface area contributed by atoms with Gasteiger partial charge in [-0.15, -0.1) is 0 Å². The van der Waals surface area contributed by atoms with Gasteiger partial charge in [0.1, 0.15) is 18.4 Å². The lowest BCUT2D eigenvalue weighted by Crippen LogP contribution is -2.40. The van der Waals surface area contributed by atoms with Crippen molar-refractivity contribution in [1.82, 2.24) is 4.57 Å². The molecular weight excluding hydrogens is 680 g/mol. The fourth-order valence-electron chi connectivity index (χ4n) is 5.03. The number of para-hydroxylation sites is 1. The zero-order chi connectivity index (χ0) is 32.2. The molecule has 0 saturated heterocycles. The van der Waals surface area contributed by atoms with Gasteiger partial charge in [0.05, 0.1) is 35.6 Å². The molecule has 0 aliphatic carbocycles. The molecule has 0 unspecified atom stereocenters. The number of allylic oxidation sites excluding steroid dienone is 1. The van der Waals surface area contributed by atoms with E-state index in [4.69, 9.17) is 35.5 Å². The van der Waals surface area contributed by atoms with E-state index in [0.717, 1.165) is 10.0 Å². The van der Waals surface area contributed by atoms with E-state index in [1.165, 1.54) is 11.3 Å². The van der Waals surface area contributed by atoms with Crippen molar-refractivity contribution in [3.05, 3.63) is 118 Å². The first kappa shape index (κ1) is 32.5. The molecule has 3 aromatic carbocycles. The number of aromatic nitrogens is 1. The van der Waals surface area contributed by atoms with Crippen molar-refractivity contribution in [3.63, 3.8) is 0 Å². The molecule has 0 N–H and O–H groups in total. The van der Waals surface area contributed by atoms with Crippen molar-refractivity contribution >= 4 is 50.9 Å². The quantitative estimate of drug-likeness (QED) is 0.173. The molecule has 0 fully saturated rings. The summed E-state index contributed by atoms with van der Waals surface area (Å²) in [7, 11) is 1.56. The number of hydrogen-bond acceptors (Lipinski definition) is 8. The van der Waals surface area contributed by atoms with Crippen LogP contribution >= 0.6 is 38.9 Å². The highest BCUT2D eigenvalue weighted by atomic mass is 79.9. The minimum absolute atomic E-state index is 0.129. The molecule has 1 aliphatic rings. The van der Waals surface area contributed by atoms with E-state index in [0.29, 0.717) is 48.4 Å². The molecule has 5 rings (SSSR count). The summed E-state index contributed by atoms with van der Waals surface area (Å²) in [6, 6.07) is 17.6. The normalized spacial score (nSPS) is 14.7. The average Bonchev–Trinajstić information content (AvgIpc) is 3.30. The van der Waals surface area contributed by atoms with E-state index in [-0.39, 0.29) is 30.5 Å². The van der Waals surface area contributed by atoms with Crippen LogP contribution in [-0.2, 0) is 16.1 Å². The Morgan fingerprint density at radius 2 is 1.87 bits per heavy atom. The number of fused-ring (bicyclic) bond motifs is 1. The van der Waals surface area contributed by atoms with Crippen molar-refractivity contribution in [2.45, 2.75) is 46.4 Å². The van der Waals surface area contributed by atoms with Crippen LogP contribution in [0.4, 0.5) is 0 Å². The summed E-state index contributed by atoms with van der Waals surface area (Å²) in [5.74, 6) is 0.998. The lowest BCUT2D eigenvalue weighted by molar-refractivity contribution is -0.139. The molecule has 2 heterocycles. The highest BCUT2D eigenvalue weighted by Crippen LogP contribution is 2.38. The summed E-state index contributed by atoms with van der Waals surface area (Å²) in [5, 5.41) is 0.633. The number of carbonyl (C=O) groups excluding carboxylic acids is 1. The fraction of sp³-hybridized carbons (Fsp3) is 0.265. The third-order valence-electron chi connectivity index (χ3n) is 6.94. The molecule has 0 spiro atoms. The van der Waals surface area contributed by atoms with E-state index in [1.54, 1.807) is 49.8 Å². The third-order valence-corrected chi connectivity index (χ3v) is 8.64. The van der Waals surface area contributed by atoms with Gasteiger partial charge in [-0.1, -0.05) is 69.2 Å². The van der Waals surface area contributed by atoms with Crippen LogP contribution in [0.5, 0.6) is 17.2 Å². The van der Waals surface area contributed by atoms with Gasteiger partial charge >= 0.3 is 5.97 Å². The van der Waals surface area contributed by atoms with Crippen LogP contribution in [0.2, 0.25) is 5.02 Å². The van der Waals surface area contributed by atoms with E-state index in [9.17, 15) is 9.59 Å². The molecule has 0 bridgehead atoms. The molecule has 45 heavy (non-hydrogen) atoms.